The van der Waals surface area contributed by atoms with E-state index < -0.39 is 10.0 Å². The second kappa shape index (κ2) is 9.92. The van der Waals surface area contributed by atoms with E-state index in [2.05, 4.69) is 4.72 Å². The summed E-state index contributed by atoms with van der Waals surface area (Å²) in [6.07, 6.45) is 0. The van der Waals surface area contributed by atoms with E-state index in [1.807, 2.05) is 0 Å². The third kappa shape index (κ3) is 5.34. The molecule has 0 fully saturated rings. The van der Waals surface area contributed by atoms with E-state index in [4.69, 9.17) is 18.9 Å². The van der Waals surface area contributed by atoms with Crippen LogP contribution in [0.3, 0.4) is 0 Å². The number of hydrogen-bond acceptors (Lipinski definition) is 7. The molecule has 0 aliphatic carbocycles. The second-order valence-corrected chi connectivity index (χ2v) is 9.13. The lowest BCUT2D eigenvalue weighted by molar-refractivity contribution is 0.0773. The van der Waals surface area contributed by atoms with Crippen LogP contribution in [0.2, 0.25) is 0 Å². The van der Waals surface area contributed by atoms with Crippen LogP contribution >= 0.6 is 0 Å². The predicted octanol–water partition coefficient (Wildman–Crippen LogP) is 3.38. The maximum atomic E-state index is 12.9. The van der Waals surface area contributed by atoms with Crippen molar-refractivity contribution in [3.8, 4) is 23.0 Å². The number of ether oxygens (including phenoxy) is 4. The average Bonchev–Trinajstić information content (AvgIpc) is 3.31. The van der Waals surface area contributed by atoms with Gasteiger partial charge in [0.2, 0.25) is 6.79 Å². The minimum absolute atomic E-state index is 0.0288. The van der Waals surface area contributed by atoms with Crippen LogP contribution in [-0.4, -0.2) is 53.3 Å². The molecule has 0 aromatic heterocycles. The number of benzene rings is 3. The number of likely N-dealkylation sites (N-methyl/N-ethyl adjacent to an activating group) is 1. The highest BCUT2D eigenvalue weighted by atomic mass is 32.2. The minimum atomic E-state index is -3.92. The summed E-state index contributed by atoms with van der Waals surface area (Å²) in [6.45, 7) is 0.684. The van der Waals surface area contributed by atoms with Crippen molar-refractivity contribution in [1.82, 2.24) is 4.90 Å². The number of hydrogen-bond donors (Lipinski definition) is 1. The molecule has 0 radical (unpaired) electrons. The van der Waals surface area contributed by atoms with Gasteiger partial charge in [0.05, 0.1) is 24.2 Å². The molecule has 1 amide bonds. The predicted molar refractivity (Wildman–Crippen MR) is 125 cm³/mol. The van der Waals surface area contributed by atoms with Crippen molar-refractivity contribution in [3.63, 3.8) is 0 Å². The average molecular weight is 485 g/mol. The van der Waals surface area contributed by atoms with Crippen molar-refractivity contribution < 1.29 is 32.2 Å². The lowest BCUT2D eigenvalue weighted by Crippen LogP contribution is -2.31. The summed E-state index contributed by atoms with van der Waals surface area (Å²) >= 11 is 0. The van der Waals surface area contributed by atoms with Gasteiger partial charge in [-0.2, -0.15) is 0 Å². The normalized spacial score (nSPS) is 12.2. The van der Waals surface area contributed by atoms with Crippen LogP contribution in [0.1, 0.15) is 10.4 Å². The summed E-state index contributed by atoms with van der Waals surface area (Å²) in [7, 11) is -0.705. The number of methoxy groups -OCH3 is 1. The zero-order chi connectivity index (χ0) is 24.1. The molecular weight excluding hydrogens is 460 g/mol. The molecule has 0 saturated heterocycles. The molecule has 3 aromatic rings. The Hall–Kier alpha value is -3.92. The molecule has 10 heteroatoms. The van der Waals surface area contributed by atoms with Gasteiger partial charge < -0.3 is 23.8 Å². The monoisotopic (exact) mass is 484 g/mol. The van der Waals surface area contributed by atoms with E-state index >= 15 is 0 Å². The van der Waals surface area contributed by atoms with Crippen molar-refractivity contribution in [2.75, 3.05) is 38.8 Å². The van der Waals surface area contributed by atoms with Gasteiger partial charge in [-0.15, -0.1) is 0 Å². The summed E-state index contributed by atoms with van der Waals surface area (Å²) in [4.78, 5) is 14.3. The molecule has 3 aromatic carbocycles. The molecule has 178 valence electrons. The first-order chi connectivity index (χ1) is 16.4. The molecule has 1 aliphatic heterocycles. The summed E-state index contributed by atoms with van der Waals surface area (Å²) in [6, 6.07) is 17.8. The van der Waals surface area contributed by atoms with E-state index in [0.29, 0.717) is 29.5 Å². The Labute approximate surface area is 197 Å². The Bertz CT molecular complexity index is 1280. The fourth-order valence-corrected chi connectivity index (χ4v) is 4.36. The van der Waals surface area contributed by atoms with Crippen LogP contribution < -0.4 is 23.7 Å². The van der Waals surface area contributed by atoms with E-state index in [9.17, 15) is 13.2 Å². The standard InChI is InChI=1S/C24H24N2O7S/c1-26(12-13-31-20-9-7-19(30-2)8-10-20)24(27)17-4-3-5-21(14-17)34(28,29)25-18-6-11-22-23(15-18)33-16-32-22/h3-11,14-15,25H,12-13,16H2,1-2H3. The van der Waals surface area contributed by atoms with Crippen molar-refractivity contribution in [2.24, 2.45) is 0 Å². The van der Waals surface area contributed by atoms with Gasteiger partial charge in [0, 0.05) is 18.7 Å². The Kier molecular flexibility index (Phi) is 6.78. The van der Waals surface area contributed by atoms with Crippen molar-refractivity contribution >= 4 is 21.6 Å². The third-order valence-corrected chi connectivity index (χ3v) is 6.50. The summed E-state index contributed by atoms with van der Waals surface area (Å²) in [5.41, 5.74) is 0.578. The third-order valence-electron chi connectivity index (χ3n) is 5.12. The summed E-state index contributed by atoms with van der Waals surface area (Å²) < 4.78 is 49.6. The van der Waals surface area contributed by atoms with Crippen LogP contribution in [-0.2, 0) is 10.0 Å². The zero-order valence-electron chi connectivity index (χ0n) is 18.7. The molecule has 0 atom stereocenters. The number of nitrogens with zero attached hydrogens (tertiary/aromatic N) is 1. The van der Waals surface area contributed by atoms with Gasteiger partial charge in [-0.3, -0.25) is 9.52 Å². The van der Waals surface area contributed by atoms with E-state index in [1.54, 1.807) is 62.7 Å². The SMILES string of the molecule is COc1ccc(OCCN(C)C(=O)c2cccc(S(=O)(=O)Nc3ccc4c(c3)OCO4)c2)cc1. The maximum Gasteiger partial charge on any atom is 0.261 e. The number of amides is 1. The van der Waals surface area contributed by atoms with Crippen molar-refractivity contribution in [3.05, 3.63) is 72.3 Å². The minimum Gasteiger partial charge on any atom is -0.497 e. The summed E-state index contributed by atoms with van der Waals surface area (Å²) in [5, 5.41) is 0. The second-order valence-electron chi connectivity index (χ2n) is 7.45. The number of fused-ring (bicyclic) bond motifs is 1. The highest BCUT2D eigenvalue weighted by molar-refractivity contribution is 7.92. The molecule has 4 rings (SSSR count). The van der Waals surface area contributed by atoms with Crippen LogP contribution in [0.5, 0.6) is 23.0 Å². The Morgan fingerprint density at radius 1 is 1.00 bits per heavy atom. The van der Waals surface area contributed by atoms with E-state index in [-0.39, 0.29) is 29.8 Å². The number of rotatable bonds is 9. The topological polar surface area (TPSA) is 103 Å². The number of sulfonamides is 1. The number of carbonyl (C=O) groups excluding carboxylic acids is 1. The maximum absolute atomic E-state index is 12.9. The van der Waals surface area contributed by atoms with E-state index in [1.165, 1.54) is 23.1 Å². The molecule has 1 aliphatic rings. The molecule has 34 heavy (non-hydrogen) atoms. The van der Waals surface area contributed by atoms with Crippen LogP contribution in [0.25, 0.3) is 0 Å². The molecule has 9 nitrogen and oxygen atoms in total. The van der Waals surface area contributed by atoms with Crippen LogP contribution in [0.4, 0.5) is 5.69 Å². The molecule has 0 bridgehead atoms. The molecule has 1 heterocycles. The molecule has 0 saturated carbocycles. The lowest BCUT2D eigenvalue weighted by atomic mass is 10.2. The van der Waals surface area contributed by atoms with Gasteiger partial charge in [-0.1, -0.05) is 6.07 Å². The zero-order valence-corrected chi connectivity index (χ0v) is 19.5. The van der Waals surface area contributed by atoms with E-state index in [0.717, 1.165) is 5.75 Å². The Morgan fingerprint density at radius 2 is 1.74 bits per heavy atom. The first-order valence-electron chi connectivity index (χ1n) is 10.4. The number of nitrogens with one attached hydrogen (secondary N) is 1. The highest BCUT2D eigenvalue weighted by Crippen LogP contribution is 2.34. The molecular formula is C24H24N2O7S. The molecule has 0 unspecified atom stereocenters. The quantitative estimate of drug-likeness (QED) is 0.497. The molecule has 0 spiro atoms. The lowest BCUT2D eigenvalue weighted by Gasteiger charge is -2.18. The molecule has 1 N–H and O–H groups in total. The summed E-state index contributed by atoms with van der Waals surface area (Å²) in [5.74, 6) is 2.07. The Balaban J connectivity index is 1.38. The fourth-order valence-electron chi connectivity index (χ4n) is 3.26. The van der Waals surface area contributed by atoms with Crippen molar-refractivity contribution in [1.29, 1.82) is 0 Å². The number of anilines is 1. The van der Waals surface area contributed by atoms with Gasteiger partial charge in [-0.05, 0) is 54.6 Å². The van der Waals surface area contributed by atoms with Crippen LogP contribution in [0, 0.1) is 0 Å². The Morgan fingerprint density at radius 3 is 2.50 bits per heavy atom. The smallest absolute Gasteiger partial charge is 0.261 e. The van der Waals surface area contributed by atoms with Crippen LogP contribution in [0.15, 0.2) is 71.6 Å². The first-order valence-corrected chi connectivity index (χ1v) is 11.9. The highest BCUT2D eigenvalue weighted by Gasteiger charge is 2.20. The number of carbonyl (C=O) groups is 1. The van der Waals surface area contributed by atoms with Gasteiger partial charge in [-0.25, -0.2) is 8.42 Å². The first kappa shape index (κ1) is 23.2. The van der Waals surface area contributed by atoms with Gasteiger partial charge >= 0.3 is 0 Å². The van der Waals surface area contributed by atoms with Gasteiger partial charge in [0.25, 0.3) is 15.9 Å². The van der Waals surface area contributed by atoms with Gasteiger partial charge in [0.1, 0.15) is 18.1 Å². The van der Waals surface area contributed by atoms with Gasteiger partial charge in [0.15, 0.2) is 11.5 Å². The van der Waals surface area contributed by atoms with Crippen molar-refractivity contribution in [2.45, 2.75) is 4.90 Å². The largest absolute Gasteiger partial charge is 0.497 e. The fraction of sp³-hybridized carbons (Fsp3) is 0.208.